The Morgan fingerprint density at radius 3 is 2.96 bits per heavy atom. The Kier molecular flexibility index (Phi) is 6.73. The molecule has 1 aromatic rings. The van der Waals surface area contributed by atoms with Gasteiger partial charge >= 0.3 is 0 Å². The molecule has 24 heavy (non-hydrogen) atoms. The summed E-state index contributed by atoms with van der Waals surface area (Å²) in [5.41, 5.74) is 0.731. The molecule has 0 saturated carbocycles. The van der Waals surface area contributed by atoms with Crippen LogP contribution in [0.4, 0.5) is 4.39 Å². The van der Waals surface area contributed by atoms with Crippen LogP contribution in [0.3, 0.4) is 0 Å². The van der Waals surface area contributed by atoms with Gasteiger partial charge in [-0.05, 0) is 38.0 Å². The van der Waals surface area contributed by atoms with Crippen molar-refractivity contribution in [2.24, 2.45) is 5.92 Å². The van der Waals surface area contributed by atoms with Crippen molar-refractivity contribution in [3.63, 3.8) is 0 Å². The molecule has 1 aliphatic rings. The van der Waals surface area contributed by atoms with E-state index in [1.54, 1.807) is 17.0 Å². The first kappa shape index (κ1) is 18.4. The van der Waals surface area contributed by atoms with Crippen LogP contribution in [0.15, 0.2) is 24.3 Å². The van der Waals surface area contributed by atoms with E-state index < -0.39 is 0 Å². The van der Waals surface area contributed by atoms with Gasteiger partial charge in [-0.25, -0.2) is 4.39 Å². The zero-order chi connectivity index (χ0) is 17.5. The van der Waals surface area contributed by atoms with Crippen LogP contribution in [0.2, 0.25) is 0 Å². The molecule has 1 aromatic carbocycles. The zero-order valence-electron chi connectivity index (χ0n) is 14.3. The van der Waals surface area contributed by atoms with Crippen molar-refractivity contribution in [2.45, 2.75) is 39.3 Å². The smallest absolute Gasteiger partial charge is 0.224 e. The highest BCUT2D eigenvalue weighted by atomic mass is 19.1. The highest BCUT2D eigenvalue weighted by molar-refractivity contribution is 5.83. The normalized spacial score (nSPS) is 18.1. The number of amides is 2. The van der Waals surface area contributed by atoms with Crippen LogP contribution >= 0.6 is 0 Å². The van der Waals surface area contributed by atoms with Gasteiger partial charge in [0.15, 0.2) is 0 Å². The molecule has 1 atom stereocenters. The van der Waals surface area contributed by atoms with Crippen LogP contribution in [-0.4, -0.2) is 42.5 Å². The van der Waals surface area contributed by atoms with Gasteiger partial charge in [-0.1, -0.05) is 12.1 Å². The minimum atomic E-state index is -0.323. The largest absolute Gasteiger partial charge is 0.377 e. The number of ether oxygens (including phenoxy) is 1. The number of hydrogen-bond donors (Lipinski definition) is 1. The highest BCUT2D eigenvalue weighted by Gasteiger charge is 2.30. The summed E-state index contributed by atoms with van der Waals surface area (Å²) in [7, 11) is 0. The van der Waals surface area contributed by atoms with Crippen LogP contribution in [0.5, 0.6) is 0 Å². The fourth-order valence-corrected chi connectivity index (χ4v) is 2.75. The fourth-order valence-electron chi connectivity index (χ4n) is 2.75. The molecule has 2 rings (SSSR count). The van der Waals surface area contributed by atoms with Crippen molar-refractivity contribution in [3.05, 3.63) is 35.6 Å². The average molecular weight is 336 g/mol. The average Bonchev–Trinajstić information content (AvgIpc) is 2.53. The number of carbonyl (C=O) groups is 2. The number of hydrogen-bond acceptors (Lipinski definition) is 3. The van der Waals surface area contributed by atoms with E-state index in [-0.39, 0.29) is 29.7 Å². The van der Waals surface area contributed by atoms with Crippen molar-refractivity contribution in [1.29, 1.82) is 0 Å². The summed E-state index contributed by atoms with van der Waals surface area (Å²) in [5.74, 6) is -0.600. The summed E-state index contributed by atoms with van der Waals surface area (Å²) in [4.78, 5) is 25.9. The molecule has 0 radical (unpaired) electrons. The number of rotatable bonds is 7. The minimum absolute atomic E-state index is 0.00597. The monoisotopic (exact) mass is 336 g/mol. The van der Waals surface area contributed by atoms with Gasteiger partial charge < -0.3 is 15.0 Å². The van der Waals surface area contributed by atoms with Gasteiger partial charge in [0.05, 0.1) is 18.6 Å². The molecular formula is C18H25FN2O3. The third-order valence-electron chi connectivity index (χ3n) is 3.99. The van der Waals surface area contributed by atoms with Gasteiger partial charge in [0.1, 0.15) is 5.82 Å². The van der Waals surface area contributed by atoms with Gasteiger partial charge in [-0.2, -0.15) is 0 Å². The van der Waals surface area contributed by atoms with Crippen molar-refractivity contribution in [3.8, 4) is 0 Å². The number of carbonyl (C=O) groups excluding carboxylic acids is 2. The quantitative estimate of drug-likeness (QED) is 0.776. The van der Waals surface area contributed by atoms with E-state index in [1.165, 1.54) is 12.1 Å². The van der Waals surface area contributed by atoms with E-state index in [4.69, 9.17) is 4.74 Å². The molecule has 1 heterocycles. The molecule has 1 fully saturated rings. The van der Waals surface area contributed by atoms with E-state index in [0.29, 0.717) is 39.1 Å². The second-order valence-corrected chi connectivity index (χ2v) is 6.35. The first-order valence-corrected chi connectivity index (χ1v) is 8.37. The predicted octanol–water partition coefficient (Wildman–Crippen LogP) is 2.11. The van der Waals surface area contributed by atoms with Gasteiger partial charge in [0, 0.05) is 26.1 Å². The number of nitrogens with one attached hydrogen (secondary N) is 1. The van der Waals surface area contributed by atoms with Crippen LogP contribution in [0.1, 0.15) is 32.3 Å². The molecule has 0 bridgehead atoms. The molecule has 6 heteroatoms. The Hall–Kier alpha value is -1.95. The maximum atomic E-state index is 13.3. The van der Waals surface area contributed by atoms with Gasteiger partial charge in [-0.3, -0.25) is 9.59 Å². The summed E-state index contributed by atoms with van der Waals surface area (Å²) in [6.45, 7) is 5.52. The molecular weight excluding hydrogens is 311 g/mol. The summed E-state index contributed by atoms with van der Waals surface area (Å²) >= 11 is 0. The molecule has 0 aromatic heterocycles. The maximum absolute atomic E-state index is 13.3. The SMILES string of the molecule is CC(C)OCCNC(=O)C1CCC(=O)N(Cc2cccc(F)c2)C1. The fraction of sp³-hybridized carbons (Fsp3) is 0.556. The number of halogens is 1. The standard InChI is InChI=1S/C18H25FN2O3/c1-13(2)24-9-8-20-18(23)15-6-7-17(22)21(12-15)11-14-4-3-5-16(19)10-14/h3-5,10,13,15H,6-9,11-12H2,1-2H3,(H,20,23). The minimum Gasteiger partial charge on any atom is -0.377 e. The molecule has 1 N–H and O–H groups in total. The lowest BCUT2D eigenvalue weighted by atomic mass is 9.96. The van der Waals surface area contributed by atoms with Crippen molar-refractivity contribution < 1.29 is 18.7 Å². The predicted molar refractivity (Wildman–Crippen MR) is 88.6 cm³/mol. The third-order valence-corrected chi connectivity index (χ3v) is 3.99. The summed E-state index contributed by atoms with van der Waals surface area (Å²) < 4.78 is 18.7. The van der Waals surface area contributed by atoms with E-state index in [9.17, 15) is 14.0 Å². The molecule has 1 saturated heterocycles. The zero-order valence-corrected chi connectivity index (χ0v) is 14.3. The summed E-state index contributed by atoms with van der Waals surface area (Å²) in [6, 6.07) is 6.19. The molecule has 0 spiro atoms. The number of nitrogens with zero attached hydrogens (tertiary/aromatic N) is 1. The molecule has 1 aliphatic heterocycles. The maximum Gasteiger partial charge on any atom is 0.224 e. The summed E-state index contributed by atoms with van der Waals surface area (Å²) in [5, 5.41) is 2.85. The molecule has 2 amide bonds. The molecule has 0 aliphatic carbocycles. The number of benzene rings is 1. The van der Waals surface area contributed by atoms with E-state index in [2.05, 4.69) is 5.32 Å². The molecule has 132 valence electrons. The van der Waals surface area contributed by atoms with Crippen molar-refractivity contribution in [1.82, 2.24) is 10.2 Å². The van der Waals surface area contributed by atoms with Crippen molar-refractivity contribution in [2.75, 3.05) is 19.7 Å². The van der Waals surface area contributed by atoms with Gasteiger partial charge in [-0.15, -0.1) is 0 Å². The van der Waals surface area contributed by atoms with Crippen LogP contribution in [0.25, 0.3) is 0 Å². The first-order valence-electron chi connectivity index (χ1n) is 8.37. The second-order valence-electron chi connectivity index (χ2n) is 6.35. The Balaban J connectivity index is 1.85. The van der Waals surface area contributed by atoms with E-state index >= 15 is 0 Å². The lowest BCUT2D eigenvalue weighted by Gasteiger charge is -2.32. The topological polar surface area (TPSA) is 58.6 Å². The van der Waals surface area contributed by atoms with E-state index in [0.717, 1.165) is 5.56 Å². The highest BCUT2D eigenvalue weighted by Crippen LogP contribution is 2.20. The third kappa shape index (κ3) is 5.60. The number of piperidine rings is 1. The van der Waals surface area contributed by atoms with Crippen LogP contribution in [0, 0.1) is 11.7 Å². The second kappa shape index (κ2) is 8.78. The lowest BCUT2D eigenvalue weighted by molar-refractivity contribution is -0.139. The van der Waals surface area contributed by atoms with Crippen molar-refractivity contribution >= 4 is 11.8 Å². The van der Waals surface area contributed by atoms with Gasteiger partial charge in [0.25, 0.3) is 0 Å². The Labute approximate surface area is 142 Å². The Morgan fingerprint density at radius 2 is 2.25 bits per heavy atom. The van der Waals surface area contributed by atoms with Gasteiger partial charge in [0.2, 0.25) is 11.8 Å². The molecule has 1 unspecified atom stereocenters. The number of likely N-dealkylation sites (tertiary alicyclic amines) is 1. The first-order chi connectivity index (χ1) is 11.5. The summed E-state index contributed by atoms with van der Waals surface area (Å²) in [6.07, 6.45) is 1.03. The van der Waals surface area contributed by atoms with Crippen LogP contribution < -0.4 is 5.32 Å². The van der Waals surface area contributed by atoms with E-state index in [1.807, 2.05) is 13.8 Å². The Morgan fingerprint density at radius 1 is 1.46 bits per heavy atom. The van der Waals surface area contributed by atoms with Crippen LogP contribution in [-0.2, 0) is 20.9 Å². The Bertz CT molecular complexity index is 577. The lowest BCUT2D eigenvalue weighted by Crippen LogP contribution is -2.45. The molecule has 5 nitrogen and oxygen atoms in total.